The fourth-order valence-electron chi connectivity index (χ4n) is 2.57. The van der Waals surface area contributed by atoms with Gasteiger partial charge in [0.05, 0.1) is 12.5 Å². The first-order chi connectivity index (χ1) is 13.6. The van der Waals surface area contributed by atoms with Crippen LogP contribution in [0.3, 0.4) is 0 Å². The minimum absolute atomic E-state index is 0.160. The van der Waals surface area contributed by atoms with E-state index in [1.807, 2.05) is 13.0 Å². The zero-order chi connectivity index (χ0) is 19.9. The summed E-state index contributed by atoms with van der Waals surface area (Å²) in [4.78, 5) is 14.2. The van der Waals surface area contributed by atoms with Gasteiger partial charge >= 0.3 is 0 Å². The lowest BCUT2D eigenvalue weighted by Gasteiger charge is -2.22. The summed E-state index contributed by atoms with van der Waals surface area (Å²) in [5.41, 5.74) is 2.28. The van der Waals surface area contributed by atoms with E-state index in [0.29, 0.717) is 22.4 Å². The van der Waals surface area contributed by atoms with Gasteiger partial charge in [0.15, 0.2) is 6.61 Å². The number of nitriles is 1. The highest BCUT2D eigenvalue weighted by molar-refractivity contribution is 6.31. The molecule has 2 aromatic carbocycles. The number of hydrogen-bond donors (Lipinski definition) is 0. The Morgan fingerprint density at radius 2 is 2.07 bits per heavy atom. The van der Waals surface area contributed by atoms with E-state index in [2.05, 4.69) is 16.3 Å². The van der Waals surface area contributed by atoms with Crippen LogP contribution < -0.4 is 9.64 Å². The summed E-state index contributed by atoms with van der Waals surface area (Å²) >= 11 is 6.06. The number of rotatable bonds is 7. The molecule has 1 aromatic heterocycles. The number of anilines is 1. The van der Waals surface area contributed by atoms with Gasteiger partial charge in [0.1, 0.15) is 5.75 Å². The lowest BCUT2D eigenvalue weighted by Crippen LogP contribution is -2.35. The second-order valence-electron chi connectivity index (χ2n) is 5.94. The molecule has 1 heterocycles. The average molecular weight is 397 g/mol. The van der Waals surface area contributed by atoms with Crippen molar-refractivity contribution in [3.8, 4) is 23.3 Å². The van der Waals surface area contributed by atoms with Crippen LogP contribution in [-0.4, -0.2) is 29.3 Å². The largest absolute Gasteiger partial charge is 0.484 e. The molecular weight excluding hydrogens is 380 g/mol. The maximum absolute atomic E-state index is 12.7. The third-order valence-electron chi connectivity index (χ3n) is 4.03. The van der Waals surface area contributed by atoms with Crippen LogP contribution in [0.25, 0.3) is 11.5 Å². The van der Waals surface area contributed by atoms with Gasteiger partial charge in [0.25, 0.3) is 5.91 Å². The number of nitrogens with zero attached hydrogens (tertiary/aromatic N) is 4. The molecule has 0 fully saturated rings. The van der Waals surface area contributed by atoms with Crippen molar-refractivity contribution < 1.29 is 13.9 Å². The molecule has 7 nitrogen and oxygen atoms in total. The number of benzene rings is 2. The molecule has 0 aliphatic carbocycles. The maximum Gasteiger partial charge on any atom is 0.264 e. The van der Waals surface area contributed by atoms with E-state index in [-0.39, 0.29) is 25.5 Å². The van der Waals surface area contributed by atoms with Crippen molar-refractivity contribution in [3.63, 3.8) is 0 Å². The number of aryl methyl sites for hydroxylation is 1. The smallest absolute Gasteiger partial charge is 0.264 e. The van der Waals surface area contributed by atoms with Crippen LogP contribution in [-0.2, 0) is 4.79 Å². The summed E-state index contributed by atoms with van der Waals surface area (Å²) in [6, 6.07) is 14.3. The summed E-state index contributed by atoms with van der Waals surface area (Å²) < 4.78 is 10.7. The normalized spacial score (nSPS) is 10.3. The van der Waals surface area contributed by atoms with Crippen LogP contribution in [0, 0.1) is 18.3 Å². The second-order valence-corrected chi connectivity index (χ2v) is 6.35. The Hall–Kier alpha value is -3.37. The van der Waals surface area contributed by atoms with E-state index in [9.17, 15) is 4.79 Å². The second kappa shape index (κ2) is 9.02. The molecule has 1 amide bonds. The molecule has 28 heavy (non-hydrogen) atoms. The molecule has 0 N–H and O–H groups in total. The van der Waals surface area contributed by atoms with Gasteiger partial charge in [-0.3, -0.25) is 4.79 Å². The molecule has 142 valence electrons. The molecule has 0 atom stereocenters. The molecule has 3 rings (SSSR count). The fraction of sp³-hybridized carbons (Fsp3) is 0.200. The van der Waals surface area contributed by atoms with Crippen molar-refractivity contribution in [1.82, 2.24) is 10.2 Å². The van der Waals surface area contributed by atoms with Crippen LogP contribution in [0.2, 0.25) is 5.02 Å². The lowest BCUT2D eigenvalue weighted by molar-refractivity contribution is -0.120. The third-order valence-corrected chi connectivity index (χ3v) is 4.45. The van der Waals surface area contributed by atoms with E-state index >= 15 is 0 Å². The van der Waals surface area contributed by atoms with Gasteiger partial charge in [0.2, 0.25) is 12.3 Å². The van der Waals surface area contributed by atoms with E-state index in [1.54, 1.807) is 36.4 Å². The van der Waals surface area contributed by atoms with Gasteiger partial charge in [-0.15, -0.1) is 10.2 Å². The highest BCUT2D eigenvalue weighted by atomic mass is 35.5. The number of ether oxygens (including phenoxy) is 1. The maximum atomic E-state index is 12.7. The Bertz CT molecular complexity index is 982. The zero-order valence-electron chi connectivity index (χ0n) is 15.1. The number of halogens is 1. The fourth-order valence-corrected chi connectivity index (χ4v) is 2.69. The topological polar surface area (TPSA) is 92.2 Å². The number of carbonyl (C=O) groups excluding carboxylic acids is 1. The third kappa shape index (κ3) is 4.67. The van der Waals surface area contributed by atoms with Crippen molar-refractivity contribution in [2.45, 2.75) is 13.3 Å². The van der Waals surface area contributed by atoms with Gasteiger partial charge in [-0.05, 0) is 55.0 Å². The van der Waals surface area contributed by atoms with Gasteiger partial charge in [-0.25, -0.2) is 0 Å². The van der Waals surface area contributed by atoms with Crippen molar-refractivity contribution in [2.75, 3.05) is 18.1 Å². The average Bonchev–Trinajstić information content (AvgIpc) is 3.24. The molecule has 0 bridgehead atoms. The molecule has 0 saturated carbocycles. The highest BCUT2D eigenvalue weighted by Crippen LogP contribution is 2.24. The summed E-state index contributed by atoms with van der Waals surface area (Å²) in [5.74, 6) is 0.686. The van der Waals surface area contributed by atoms with Gasteiger partial charge in [0, 0.05) is 22.8 Å². The lowest BCUT2D eigenvalue weighted by atomic mass is 10.2. The van der Waals surface area contributed by atoms with E-state index in [0.717, 1.165) is 11.1 Å². The molecule has 0 aliphatic heterocycles. The minimum atomic E-state index is -0.252. The predicted molar refractivity (Wildman–Crippen MR) is 104 cm³/mol. The quantitative estimate of drug-likeness (QED) is 0.598. The molecule has 0 radical (unpaired) electrons. The Kier molecular flexibility index (Phi) is 6.25. The van der Waals surface area contributed by atoms with Crippen molar-refractivity contribution in [1.29, 1.82) is 5.26 Å². The van der Waals surface area contributed by atoms with Gasteiger partial charge in [-0.1, -0.05) is 11.6 Å². The van der Waals surface area contributed by atoms with E-state index in [1.165, 1.54) is 11.3 Å². The molecule has 8 heteroatoms. The SMILES string of the molecule is Cc1cc(N(CCC#N)C(=O)COc2ccc(-c3nnco3)cc2)ccc1Cl. The number of amides is 1. The summed E-state index contributed by atoms with van der Waals surface area (Å²) in [7, 11) is 0. The van der Waals surface area contributed by atoms with Crippen molar-refractivity contribution >= 4 is 23.2 Å². The van der Waals surface area contributed by atoms with Crippen LogP contribution >= 0.6 is 11.6 Å². The summed E-state index contributed by atoms with van der Waals surface area (Å²) in [5, 5.41) is 17.0. The minimum Gasteiger partial charge on any atom is -0.484 e. The summed E-state index contributed by atoms with van der Waals surface area (Å²) in [6.45, 7) is 1.98. The number of hydrogen-bond acceptors (Lipinski definition) is 6. The van der Waals surface area contributed by atoms with E-state index in [4.69, 9.17) is 26.0 Å². The molecule has 3 aromatic rings. The standard InChI is InChI=1S/C20H17ClN4O3/c1-14-11-16(5-8-18(14)21)25(10-2-9-22)19(26)12-27-17-6-3-15(4-7-17)20-24-23-13-28-20/h3-8,11,13H,2,10,12H2,1H3. The zero-order valence-corrected chi connectivity index (χ0v) is 15.9. The molecule has 0 saturated heterocycles. The van der Waals surface area contributed by atoms with Crippen LogP contribution in [0.4, 0.5) is 5.69 Å². The van der Waals surface area contributed by atoms with E-state index < -0.39 is 0 Å². The first-order valence-corrected chi connectivity index (χ1v) is 8.89. The molecular formula is C20H17ClN4O3. The Balaban J connectivity index is 1.67. The number of carbonyl (C=O) groups is 1. The predicted octanol–water partition coefficient (Wildman–Crippen LogP) is 4.02. The number of aromatic nitrogens is 2. The molecule has 0 spiro atoms. The van der Waals surface area contributed by atoms with Crippen LogP contribution in [0.1, 0.15) is 12.0 Å². The Morgan fingerprint density at radius 3 is 2.71 bits per heavy atom. The van der Waals surface area contributed by atoms with Crippen molar-refractivity contribution in [3.05, 3.63) is 59.4 Å². The Morgan fingerprint density at radius 1 is 1.29 bits per heavy atom. The Labute approximate surface area is 167 Å². The molecule has 0 aliphatic rings. The van der Waals surface area contributed by atoms with Crippen LogP contribution in [0.15, 0.2) is 53.3 Å². The summed E-state index contributed by atoms with van der Waals surface area (Å²) in [6.07, 6.45) is 1.47. The van der Waals surface area contributed by atoms with Crippen molar-refractivity contribution in [2.24, 2.45) is 0 Å². The van der Waals surface area contributed by atoms with Gasteiger partial charge < -0.3 is 14.1 Å². The highest BCUT2D eigenvalue weighted by Gasteiger charge is 2.17. The van der Waals surface area contributed by atoms with Gasteiger partial charge in [-0.2, -0.15) is 5.26 Å². The monoisotopic (exact) mass is 396 g/mol. The first-order valence-electron chi connectivity index (χ1n) is 8.51. The first kappa shape index (κ1) is 19.4. The van der Waals surface area contributed by atoms with Crippen LogP contribution in [0.5, 0.6) is 5.75 Å². The molecule has 0 unspecified atom stereocenters.